The number of nitrogens with zero attached hydrogens (tertiary/aromatic N) is 1. The van der Waals surface area contributed by atoms with Crippen LogP contribution in [0.3, 0.4) is 0 Å². The summed E-state index contributed by atoms with van der Waals surface area (Å²) in [4.78, 5) is 14.2. The quantitative estimate of drug-likeness (QED) is 0.724. The Bertz CT molecular complexity index is 261. The molecule has 3 N–H and O–H groups in total. The van der Waals surface area contributed by atoms with Crippen LogP contribution in [-0.4, -0.2) is 54.5 Å². The predicted octanol–water partition coefficient (Wildman–Crippen LogP) is 0.913. The molecule has 1 heterocycles. The zero-order chi connectivity index (χ0) is 13.5. The molecule has 4 nitrogen and oxygen atoms in total. The fourth-order valence-corrected chi connectivity index (χ4v) is 2.74. The Morgan fingerprint density at radius 1 is 1.56 bits per heavy atom. The predicted molar refractivity (Wildman–Crippen MR) is 78.8 cm³/mol. The number of amides is 1. The van der Waals surface area contributed by atoms with E-state index in [2.05, 4.69) is 24.1 Å². The lowest BCUT2D eigenvalue weighted by molar-refractivity contribution is -0.122. The van der Waals surface area contributed by atoms with Crippen molar-refractivity contribution in [3.8, 4) is 0 Å². The van der Waals surface area contributed by atoms with E-state index < -0.39 is 0 Å². The van der Waals surface area contributed by atoms with E-state index in [-0.39, 0.29) is 11.9 Å². The van der Waals surface area contributed by atoms with Gasteiger partial charge >= 0.3 is 0 Å². The first-order valence-electron chi connectivity index (χ1n) is 6.80. The van der Waals surface area contributed by atoms with Crippen LogP contribution in [0.1, 0.15) is 26.7 Å². The van der Waals surface area contributed by atoms with Gasteiger partial charge in [-0.25, -0.2) is 0 Å². The van der Waals surface area contributed by atoms with Crippen LogP contribution >= 0.6 is 11.8 Å². The maximum Gasteiger partial charge on any atom is 0.236 e. The molecule has 2 atom stereocenters. The summed E-state index contributed by atoms with van der Waals surface area (Å²) in [5.74, 6) is 1.54. The van der Waals surface area contributed by atoms with Crippen molar-refractivity contribution in [2.24, 2.45) is 11.7 Å². The van der Waals surface area contributed by atoms with E-state index in [1.54, 1.807) is 11.8 Å². The van der Waals surface area contributed by atoms with Gasteiger partial charge in [-0.2, -0.15) is 11.8 Å². The third-order valence-corrected chi connectivity index (χ3v) is 4.23. The number of nitrogens with one attached hydrogen (secondary N) is 1. The van der Waals surface area contributed by atoms with Gasteiger partial charge in [0.1, 0.15) is 0 Å². The van der Waals surface area contributed by atoms with Crippen molar-refractivity contribution < 1.29 is 4.79 Å². The molecule has 18 heavy (non-hydrogen) atoms. The minimum absolute atomic E-state index is 0.00652. The second kappa shape index (κ2) is 8.02. The van der Waals surface area contributed by atoms with Gasteiger partial charge in [0.2, 0.25) is 5.91 Å². The van der Waals surface area contributed by atoms with Crippen molar-refractivity contribution in [2.45, 2.75) is 38.8 Å². The molecule has 0 aromatic carbocycles. The monoisotopic (exact) mass is 273 g/mol. The third kappa shape index (κ3) is 5.16. The van der Waals surface area contributed by atoms with Crippen LogP contribution in [0.15, 0.2) is 0 Å². The lowest BCUT2D eigenvalue weighted by Gasteiger charge is -2.20. The van der Waals surface area contributed by atoms with E-state index >= 15 is 0 Å². The van der Waals surface area contributed by atoms with Gasteiger partial charge in [0, 0.05) is 19.1 Å². The molecule has 106 valence electrons. The summed E-state index contributed by atoms with van der Waals surface area (Å²) in [6, 6.07) is 0.259. The van der Waals surface area contributed by atoms with E-state index in [9.17, 15) is 4.79 Å². The normalized spacial score (nSPS) is 22.4. The summed E-state index contributed by atoms with van der Waals surface area (Å²) in [5.41, 5.74) is 5.83. The maximum absolute atomic E-state index is 11.8. The Morgan fingerprint density at radius 3 is 2.83 bits per heavy atom. The Morgan fingerprint density at radius 2 is 2.28 bits per heavy atom. The molecule has 1 aliphatic rings. The third-order valence-electron chi connectivity index (χ3n) is 3.58. The Hall–Kier alpha value is -0.260. The number of likely N-dealkylation sites (tertiary alicyclic amines) is 1. The number of hydrogen-bond donors (Lipinski definition) is 2. The van der Waals surface area contributed by atoms with Crippen molar-refractivity contribution in [3.05, 3.63) is 0 Å². The Kier molecular flexibility index (Phi) is 7.04. The van der Waals surface area contributed by atoms with Crippen LogP contribution in [-0.2, 0) is 4.79 Å². The maximum atomic E-state index is 11.8. The molecule has 1 saturated heterocycles. The molecule has 1 unspecified atom stereocenters. The van der Waals surface area contributed by atoms with Crippen molar-refractivity contribution in [3.63, 3.8) is 0 Å². The molecule has 0 aromatic heterocycles. The molecular weight excluding hydrogens is 246 g/mol. The van der Waals surface area contributed by atoms with Crippen LogP contribution in [0.4, 0.5) is 0 Å². The molecule has 1 fully saturated rings. The van der Waals surface area contributed by atoms with Gasteiger partial charge in [0.05, 0.1) is 6.04 Å². The van der Waals surface area contributed by atoms with Gasteiger partial charge in [-0.1, -0.05) is 0 Å². The summed E-state index contributed by atoms with van der Waals surface area (Å²) in [7, 11) is 0. The number of rotatable bonds is 7. The summed E-state index contributed by atoms with van der Waals surface area (Å²) < 4.78 is 0. The first-order chi connectivity index (χ1) is 8.54. The highest BCUT2D eigenvalue weighted by Crippen LogP contribution is 2.17. The Labute approximate surface area is 115 Å². The van der Waals surface area contributed by atoms with Gasteiger partial charge in [-0.3, -0.25) is 4.79 Å². The number of carbonyl (C=O) groups is 1. The molecule has 1 aliphatic heterocycles. The second-order valence-electron chi connectivity index (χ2n) is 5.38. The highest BCUT2D eigenvalue weighted by molar-refractivity contribution is 7.98. The number of thioether (sulfide) groups is 1. The zero-order valence-corrected chi connectivity index (χ0v) is 12.6. The van der Waals surface area contributed by atoms with E-state index in [0.29, 0.717) is 12.0 Å². The van der Waals surface area contributed by atoms with Crippen LogP contribution in [0.2, 0.25) is 0 Å². The molecule has 5 heteroatoms. The molecular formula is C13H27N3OS. The first kappa shape index (κ1) is 15.8. The minimum atomic E-state index is -0.347. The molecule has 1 rings (SSSR count). The summed E-state index contributed by atoms with van der Waals surface area (Å²) in [6.45, 7) is 7.46. The summed E-state index contributed by atoms with van der Waals surface area (Å²) in [6.07, 6.45) is 3.97. The van der Waals surface area contributed by atoms with Crippen LogP contribution in [0, 0.1) is 5.92 Å². The average Bonchev–Trinajstić information content (AvgIpc) is 2.81. The Balaban J connectivity index is 2.19. The van der Waals surface area contributed by atoms with E-state index in [0.717, 1.165) is 31.8 Å². The zero-order valence-electron chi connectivity index (χ0n) is 11.8. The first-order valence-corrected chi connectivity index (χ1v) is 8.20. The smallest absolute Gasteiger partial charge is 0.236 e. The lowest BCUT2D eigenvalue weighted by Crippen LogP contribution is -2.43. The van der Waals surface area contributed by atoms with Crippen molar-refractivity contribution in [1.29, 1.82) is 0 Å². The summed E-state index contributed by atoms with van der Waals surface area (Å²) >= 11 is 1.73. The molecule has 1 amide bonds. The standard InChI is InChI=1S/C13H27N3OS/c1-10(2)16-6-4-11(9-16)8-15-13(17)12(14)5-7-18-3/h10-12H,4-9,14H2,1-3H3,(H,15,17)/t11?,12-/m0/s1. The van der Waals surface area contributed by atoms with Crippen molar-refractivity contribution >= 4 is 17.7 Å². The molecule has 0 radical (unpaired) electrons. The molecule has 0 aromatic rings. The van der Waals surface area contributed by atoms with Crippen LogP contribution in [0.5, 0.6) is 0 Å². The van der Waals surface area contributed by atoms with Crippen molar-refractivity contribution in [2.75, 3.05) is 31.6 Å². The van der Waals surface area contributed by atoms with E-state index in [1.165, 1.54) is 6.42 Å². The lowest BCUT2D eigenvalue weighted by atomic mass is 10.1. The molecule has 0 saturated carbocycles. The number of nitrogens with two attached hydrogens (primary N) is 1. The van der Waals surface area contributed by atoms with E-state index in [1.807, 2.05) is 6.26 Å². The summed E-state index contributed by atoms with van der Waals surface area (Å²) in [5, 5.41) is 2.99. The fraction of sp³-hybridized carbons (Fsp3) is 0.923. The van der Waals surface area contributed by atoms with Crippen molar-refractivity contribution in [1.82, 2.24) is 10.2 Å². The highest BCUT2D eigenvalue weighted by Gasteiger charge is 2.24. The van der Waals surface area contributed by atoms with Gasteiger partial charge in [0.25, 0.3) is 0 Å². The van der Waals surface area contributed by atoms with Gasteiger partial charge in [-0.15, -0.1) is 0 Å². The SMILES string of the molecule is CSCC[C@H](N)C(=O)NCC1CCN(C(C)C)C1. The van der Waals surface area contributed by atoms with Crippen LogP contribution in [0.25, 0.3) is 0 Å². The topological polar surface area (TPSA) is 58.4 Å². The minimum Gasteiger partial charge on any atom is -0.354 e. The second-order valence-corrected chi connectivity index (χ2v) is 6.36. The van der Waals surface area contributed by atoms with Gasteiger partial charge in [-0.05, 0) is 51.2 Å². The van der Waals surface area contributed by atoms with Gasteiger partial charge < -0.3 is 16.0 Å². The largest absolute Gasteiger partial charge is 0.354 e. The molecule has 0 spiro atoms. The number of hydrogen-bond acceptors (Lipinski definition) is 4. The van der Waals surface area contributed by atoms with Crippen LogP contribution < -0.4 is 11.1 Å². The highest BCUT2D eigenvalue weighted by atomic mass is 32.2. The van der Waals surface area contributed by atoms with E-state index in [4.69, 9.17) is 5.73 Å². The van der Waals surface area contributed by atoms with Gasteiger partial charge in [0.15, 0.2) is 0 Å². The average molecular weight is 273 g/mol. The number of carbonyl (C=O) groups excluding carboxylic acids is 1. The molecule has 0 bridgehead atoms. The molecule has 0 aliphatic carbocycles. The fourth-order valence-electron chi connectivity index (χ4n) is 2.25.